The Morgan fingerprint density at radius 3 is 2.39 bits per heavy atom. The summed E-state index contributed by atoms with van der Waals surface area (Å²) in [6.07, 6.45) is 2.56. The van der Waals surface area contributed by atoms with E-state index >= 15 is 0 Å². The van der Waals surface area contributed by atoms with Gasteiger partial charge in [-0.2, -0.15) is 4.31 Å². The molecule has 2 aromatic rings. The van der Waals surface area contributed by atoms with Gasteiger partial charge in [0.2, 0.25) is 15.9 Å². The summed E-state index contributed by atoms with van der Waals surface area (Å²) in [5.41, 5.74) is -0.303. The van der Waals surface area contributed by atoms with Crippen LogP contribution in [0, 0.1) is 10.1 Å². The summed E-state index contributed by atoms with van der Waals surface area (Å²) >= 11 is 0. The van der Waals surface area contributed by atoms with Gasteiger partial charge < -0.3 is 5.32 Å². The first-order valence-electron chi connectivity index (χ1n) is 10.2. The van der Waals surface area contributed by atoms with Crippen LogP contribution < -0.4 is 5.32 Å². The van der Waals surface area contributed by atoms with Crippen LogP contribution in [0.1, 0.15) is 40.0 Å². The van der Waals surface area contributed by atoms with E-state index in [1.54, 1.807) is 0 Å². The molecule has 1 N–H and O–H groups in total. The van der Waals surface area contributed by atoms with Crippen molar-refractivity contribution in [3.05, 3.63) is 63.7 Å². The van der Waals surface area contributed by atoms with Crippen LogP contribution in [0.3, 0.4) is 0 Å². The summed E-state index contributed by atoms with van der Waals surface area (Å²) in [6.45, 7) is 0.261. The molecule has 0 radical (unpaired) electrons. The summed E-state index contributed by atoms with van der Waals surface area (Å²) in [4.78, 5) is 48.6. The zero-order valence-electron chi connectivity index (χ0n) is 17.4. The molecule has 2 aliphatic rings. The fourth-order valence-electron chi connectivity index (χ4n) is 3.87. The normalized spacial score (nSPS) is 16.5. The average molecular weight is 472 g/mol. The first kappa shape index (κ1) is 22.6. The first-order valence-corrected chi connectivity index (χ1v) is 11.7. The van der Waals surface area contributed by atoms with E-state index in [1.165, 1.54) is 34.6 Å². The Bertz CT molecular complexity index is 1270. The number of nitro benzene ring substituents is 1. The van der Waals surface area contributed by atoms with Crippen LogP contribution in [-0.2, 0) is 14.8 Å². The predicted octanol–water partition coefficient (Wildman–Crippen LogP) is 2.00. The van der Waals surface area contributed by atoms with Gasteiger partial charge >= 0.3 is 0 Å². The quantitative estimate of drug-likeness (QED) is 0.384. The first-order chi connectivity index (χ1) is 15.7. The Hall–Kier alpha value is -3.64. The number of nitrogens with one attached hydrogen (secondary N) is 1. The molecule has 0 unspecified atom stereocenters. The van der Waals surface area contributed by atoms with E-state index in [9.17, 15) is 32.9 Å². The van der Waals surface area contributed by atoms with Crippen molar-refractivity contribution in [2.75, 3.05) is 25.0 Å². The molecule has 2 heterocycles. The van der Waals surface area contributed by atoms with Crippen molar-refractivity contribution in [1.82, 2.24) is 9.21 Å². The lowest BCUT2D eigenvalue weighted by Crippen LogP contribution is -2.37. The maximum absolute atomic E-state index is 12.9. The number of nitrogens with zero attached hydrogens (tertiary/aromatic N) is 3. The van der Waals surface area contributed by atoms with E-state index in [4.69, 9.17) is 0 Å². The maximum Gasteiger partial charge on any atom is 0.270 e. The van der Waals surface area contributed by atoms with E-state index in [1.807, 2.05) is 0 Å². The summed E-state index contributed by atoms with van der Waals surface area (Å²) in [5, 5.41) is 13.4. The molecule has 3 amide bonds. The number of non-ortho nitro benzene ring substituents is 1. The number of nitro groups is 1. The second kappa shape index (κ2) is 8.71. The number of amides is 3. The van der Waals surface area contributed by atoms with Crippen molar-refractivity contribution >= 4 is 39.1 Å². The van der Waals surface area contributed by atoms with Crippen LogP contribution in [0.25, 0.3) is 0 Å². The smallest absolute Gasteiger partial charge is 0.270 e. The summed E-state index contributed by atoms with van der Waals surface area (Å²) in [7, 11) is -3.70. The van der Waals surface area contributed by atoms with E-state index in [-0.39, 0.29) is 27.4 Å². The molecular weight excluding hydrogens is 452 g/mol. The molecule has 33 heavy (non-hydrogen) atoms. The maximum atomic E-state index is 12.9. The van der Waals surface area contributed by atoms with Gasteiger partial charge in [-0.25, -0.2) is 8.42 Å². The molecule has 0 atom stereocenters. The molecule has 11 nitrogen and oxygen atoms in total. The largest absolute Gasteiger partial charge is 0.324 e. The molecule has 2 aliphatic heterocycles. The van der Waals surface area contributed by atoms with Crippen molar-refractivity contribution in [1.29, 1.82) is 0 Å². The number of piperidine rings is 1. The van der Waals surface area contributed by atoms with Gasteiger partial charge in [0.15, 0.2) is 0 Å². The average Bonchev–Trinajstić information content (AvgIpc) is 3.04. The van der Waals surface area contributed by atoms with Crippen LogP contribution in [0.5, 0.6) is 0 Å². The lowest BCUT2D eigenvalue weighted by Gasteiger charge is -2.26. The van der Waals surface area contributed by atoms with Crippen molar-refractivity contribution in [2.24, 2.45) is 0 Å². The van der Waals surface area contributed by atoms with Crippen LogP contribution in [0.2, 0.25) is 0 Å². The highest BCUT2D eigenvalue weighted by Crippen LogP contribution is 2.27. The topological polar surface area (TPSA) is 147 Å². The van der Waals surface area contributed by atoms with Gasteiger partial charge in [0.1, 0.15) is 6.54 Å². The van der Waals surface area contributed by atoms with Crippen molar-refractivity contribution in [3.63, 3.8) is 0 Å². The van der Waals surface area contributed by atoms with Crippen LogP contribution in [0.4, 0.5) is 11.4 Å². The lowest BCUT2D eigenvalue weighted by molar-refractivity contribution is -0.384. The molecule has 172 valence electrons. The third kappa shape index (κ3) is 4.34. The number of sulfonamides is 1. The van der Waals surface area contributed by atoms with Gasteiger partial charge in [-0.1, -0.05) is 12.5 Å². The standard InChI is InChI=1S/C21H20N4O7S/c26-19(13-24-20(27)17-8-7-15(25(29)30)12-18(17)21(24)28)22-14-5-4-6-16(11-14)33(31,32)23-9-2-1-3-10-23/h4-8,11-12H,1-3,9-10,13H2,(H,22,26). The number of anilines is 1. The van der Waals surface area contributed by atoms with E-state index in [0.717, 1.165) is 31.4 Å². The fourth-order valence-corrected chi connectivity index (χ4v) is 5.43. The third-order valence-corrected chi connectivity index (χ3v) is 7.43. The van der Waals surface area contributed by atoms with Gasteiger partial charge in [0, 0.05) is 30.9 Å². The van der Waals surface area contributed by atoms with E-state index < -0.39 is 39.2 Å². The monoisotopic (exact) mass is 472 g/mol. The van der Waals surface area contributed by atoms with Crippen LogP contribution >= 0.6 is 0 Å². The SMILES string of the molecule is O=C(CN1C(=O)c2ccc([N+](=O)[O-])cc2C1=O)Nc1cccc(S(=O)(=O)N2CCCCC2)c1. The summed E-state index contributed by atoms with van der Waals surface area (Å²) in [5.74, 6) is -2.26. The minimum Gasteiger partial charge on any atom is -0.324 e. The molecule has 1 fully saturated rings. The Labute approximate surface area is 189 Å². The highest BCUT2D eigenvalue weighted by molar-refractivity contribution is 7.89. The molecule has 2 aromatic carbocycles. The number of hydrogen-bond donors (Lipinski definition) is 1. The lowest BCUT2D eigenvalue weighted by atomic mass is 10.1. The highest BCUT2D eigenvalue weighted by Gasteiger charge is 2.38. The van der Waals surface area contributed by atoms with Crippen LogP contribution in [-0.4, -0.2) is 59.9 Å². The molecule has 0 saturated carbocycles. The number of carbonyl (C=O) groups excluding carboxylic acids is 3. The Morgan fingerprint density at radius 2 is 1.70 bits per heavy atom. The minimum absolute atomic E-state index is 0.0203. The molecular formula is C21H20N4O7S. The molecule has 4 rings (SSSR count). The van der Waals surface area contributed by atoms with Gasteiger partial charge in [-0.15, -0.1) is 0 Å². The molecule has 0 spiro atoms. The number of imide groups is 1. The number of carbonyl (C=O) groups is 3. The van der Waals surface area contributed by atoms with Gasteiger partial charge in [-0.05, 0) is 37.1 Å². The predicted molar refractivity (Wildman–Crippen MR) is 116 cm³/mol. The molecule has 1 saturated heterocycles. The van der Waals surface area contributed by atoms with E-state index in [2.05, 4.69) is 5.32 Å². The van der Waals surface area contributed by atoms with Crippen LogP contribution in [0.15, 0.2) is 47.4 Å². The summed E-state index contributed by atoms with van der Waals surface area (Å²) < 4.78 is 27.1. The Morgan fingerprint density at radius 1 is 1.00 bits per heavy atom. The highest BCUT2D eigenvalue weighted by atomic mass is 32.2. The number of fused-ring (bicyclic) bond motifs is 1. The second-order valence-corrected chi connectivity index (χ2v) is 9.66. The molecule has 12 heteroatoms. The van der Waals surface area contributed by atoms with Gasteiger partial charge in [0.25, 0.3) is 17.5 Å². The minimum atomic E-state index is -3.70. The van der Waals surface area contributed by atoms with Gasteiger partial charge in [0.05, 0.1) is 20.9 Å². The second-order valence-electron chi connectivity index (χ2n) is 7.72. The molecule has 0 aliphatic carbocycles. The zero-order chi connectivity index (χ0) is 23.8. The Kier molecular flexibility index (Phi) is 5.95. The molecule has 0 aromatic heterocycles. The molecule has 0 bridgehead atoms. The number of rotatable bonds is 6. The Balaban J connectivity index is 1.47. The van der Waals surface area contributed by atoms with Crippen molar-refractivity contribution in [3.8, 4) is 0 Å². The number of benzene rings is 2. The fraction of sp³-hybridized carbons (Fsp3) is 0.286. The third-order valence-electron chi connectivity index (χ3n) is 5.54. The number of hydrogen-bond acceptors (Lipinski definition) is 7. The zero-order valence-corrected chi connectivity index (χ0v) is 18.2. The van der Waals surface area contributed by atoms with E-state index in [0.29, 0.717) is 18.0 Å². The van der Waals surface area contributed by atoms with Crippen molar-refractivity contribution in [2.45, 2.75) is 24.2 Å². The van der Waals surface area contributed by atoms with Crippen molar-refractivity contribution < 1.29 is 27.7 Å². The summed E-state index contributed by atoms with van der Waals surface area (Å²) in [6, 6.07) is 9.06. The van der Waals surface area contributed by atoms with Gasteiger partial charge in [-0.3, -0.25) is 29.4 Å².